The van der Waals surface area contributed by atoms with Gasteiger partial charge in [0.15, 0.2) is 0 Å². The van der Waals surface area contributed by atoms with E-state index in [1.807, 2.05) is 26.0 Å². The predicted octanol–water partition coefficient (Wildman–Crippen LogP) is 3.35. The fourth-order valence-corrected chi connectivity index (χ4v) is 3.30. The molecule has 0 radical (unpaired) electrons. The minimum Gasteiger partial charge on any atom is -0.478 e. The van der Waals surface area contributed by atoms with Crippen LogP contribution in [0.25, 0.3) is 0 Å². The van der Waals surface area contributed by atoms with Crippen molar-refractivity contribution in [2.45, 2.75) is 63.0 Å². The molecule has 1 aromatic carbocycles. The summed E-state index contributed by atoms with van der Waals surface area (Å²) in [4.78, 5) is 19.1. The molecule has 1 aromatic rings. The molecule has 7 heteroatoms. The summed E-state index contributed by atoms with van der Waals surface area (Å²) in [7, 11) is 0. The van der Waals surface area contributed by atoms with Crippen LogP contribution in [0.5, 0.6) is 0 Å². The molecule has 0 spiro atoms. The smallest absolute Gasteiger partial charge is 0.328 e. The predicted molar refractivity (Wildman–Crippen MR) is 105 cm³/mol. The number of aliphatic carboxylic acids is 2. The van der Waals surface area contributed by atoms with Crippen molar-refractivity contribution in [3.05, 3.63) is 47.0 Å². The van der Waals surface area contributed by atoms with E-state index in [0.29, 0.717) is 18.6 Å². The zero-order valence-corrected chi connectivity index (χ0v) is 16.4. The Hall–Kier alpha value is -1.89. The maximum atomic E-state index is 10.3. The van der Waals surface area contributed by atoms with Crippen LogP contribution in [-0.4, -0.2) is 38.9 Å². The Morgan fingerprint density at radius 1 is 1.22 bits per heavy atom. The highest BCUT2D eigenvalue weighted by molar-refractivity contribution is 6.30. The molecule has 0 heterocycles. The van der Waals surface area contributed by atoms with Crippen molar-refractivity contribution in [3.63, 3.8) is 0 Å². The minimum absolute atomic E-state index is 0.00243. The molecule has 1 aliphatic rings. The molecule has 0 amide bonds. The molecule has 2 unspecified atom stereocenters. The highest BCUT2D eigenvalue weighted by atomic mass is 35.5. The van der Waals surface area contributed by atoms with Gasteiger partial charge in [-0.2, -0.15) is 0 Å². The summed E-state index contributed by atoms with van der Waals surface area (Å²) in [5.41, 5.74) is 7.08. The number of hydrogen-bond donors (Lipinski definition) is 4. The van der Waals surface area contributed by atoms with E-state index in [0.717, 1.165) is 24.3 Å². The van der Waals surface area contributed by atoms with E-state index < -0.39 is 17.5 Å². The number of benzene rings is 1. The molecular weight excluding hydrogens is 370 g/mol. The average molecular weight is 398 g/mol. The van der Waals surface area contributed by atoms with Crippen LogP contribution < -0.4 is 5.73 Å². The number of halogens is 1. The average Bonchev–Trinajstić information content (AvgIpc) is 2.54. The highest BCUT2D eigenvalue weighted by Crippen LogP contribution is 2.47. The monoisotopic (exact) mass is 397 g/mol. The van der Waals surface area contributed by atoms with E-state index in [4.69, 9.17) is 27.5 Å². The lowest BCUT2D eigenvalue weighted by Gasteiger charge is -2.48. The van der Waals surface area contributed by atoms with Crippen LogP contribution in [0.4, 0.5) is 0 Å². The summed E-state index contributed by atoms with van der Waals surface area (Å²) in [5.74, 6) is -2.51. The van der Waals surface area contributed by atoms with Gasteiger partial charge in [-0.05, 0) is 50.3 Å². The van der Waals surface area contributed by atoms with Crippen LogP contribution in [0.3, 0.4) is 0 Å². The molecule has 0 aromatic heterocycles. The van der Waals surface area contributed by atoms with E-state index in [9.17, 15) is 14.7 Å². The lowest BCUT2D eigenvalue weighted by atomic mass is 9.58. The third-order valence-corrected chi connectivity index (χ3v) is 5.42. The Morgan fingerprint density at radius 2 is 1.70 bits per heavy atom. The van der Waals surface area contributed by atoms with Crippen molar-refractivity contribution in [1.82, 2.24) is 0 Å². The molecule has 1 saturated carbocycles. The van der Waals surface area contributed by atoms with Gasteiger partial charge in [0, 0.05) is 28.6 Å². The molecule has 2 rings (SSSR count). The second kappa shape index (κ2) is 9.88. The van der Waals surface area contributed by atoms with Gasteiger partial charge in [0.05, 0.1) is 5.60 Å². The number of carboxylic acid groups (broad SMARTS) is 2. The zero-order chi connectivity index (χ0) is 20.7. The van der Waals surface area contributed by atoms with Crippen LogP contribution in [0.2, 0.25) is 5.02 Å². The Morgan fingerprint density at radius 3 is 2.04 bits per heavy atom. The van der Waals surface area contributed by atoms with Crippen LogP contribution >= 0.6 is 11.6 Å². The number of carbonyl (C=O) groups is 2. The van der Waals surface area contributed by atoms with Gasteiger partial charge in [-0.3, -0.25) is 0 Å². The van der Waals surface area contributed by atoms with E-state index in [2.05, 4.69) is 12.1 Å². The number of rotatable bonds is 7. The standard InChI is InChI=1S/C16H24ClNO.C4H4O4/c1-3-15(2,19)11-14(18)16(9-4-10-16)12-5-7-13(17)8-6-12;5-3(6)1-2-4(7)8/h5-8,14,19H,3-4,9-11,18H2,1-2H3;1-2H,(H,5,6)(H,7,8). The van der Waals surface area contributed by atoms with Gasteiger partial charge in [0.25, 0.3) is 0 Å². The van der Waals surface area contributed by atoms with Crippen molar-refractivity contribution < 1.29 is 24.9 Å². The molecule has 2 atom stereocenters. The first kappa shape index (κ1) is 23.1. The molecule has 0 aliphatic heterocycles. The van der Waals surface area contributed by atoms with E-state index >= 15 is 0 Å². The van der Waals surface area contributed by atoms with Crippen molar-refractivity contribution >= 4 is 23.5 Å². The maximum Gasteiger partial charge on any atom is 0.328 e. The molecule has 1 fully saturated rings. The van der Waals surface area contributed by atoms with Gasteiger partial charge in [-0.15, -0.1) is 0 Å². The molecule has 0 saturated heterocycles. The van der Waals surface area contributed by atoms with Gasteiger partial charge in [-0.1, -0.05) is 37.1 Å². The van der Waals surface area contributed by atoms with Crippen LogP contribution in [0, 0.1) is 0 Å². The van der Waals surface area contributed by atoms with E-state index in [-0.39, 0.29) is 11.5 Å². The molecule has 150 valence electrons. The lowest BCUT2D eigenvalue weighted by Crippen LogP contribution is -2.53. The SMILES string of the molecule is CCC(C)(O)CC(N)C1(c2ccc(Cl)cc2)CCC1.O=C(O)C=CC(=O)O. The molecule has 6 nitrogen and oxygen atoms in total. The quantitative estimate of drug-likeness (QED) is 0.523. The Balaban J connectivity index is 0.000000387. The Labute approximate surface area is 164 Å². The summed E-state index contributed by atoms with van der Waals surface area (Å²) in [6, 6.07) is 8.03. The van der Waals surface area contributed by atoms with Crippen LogP contribution in [-0.2, 0) is 15.0 Å². The summed E-state index contributed by atoms with van der Waals surface area (Å²) < 4.78 is 0. The fourth-order valence-electron chi connectivity index (χ4n) is 3.17. The first-order chi connectivity index (χ1) is 12.5. The summed E-state index contributed by atoms with van der Waals surface area (Å²) in [6.07, 6.45) is 5.92. The summed E-state index contributed by atoms with van der Waals surface area (Å²) >= 11 is 5.96. The first-order valence-corrected chi connectivity index (χ1v) is 9.28. The third-order valence-electron chi connectivity index (χ3n) is 5.16. The van der Waals surface area contributed by atoms with Gasteiger partial charge in [0.1, 0.15) is 0 Å². The van der Waals surface area contributed by atoms with Gasteiger partial charge in [-0.25, -0.2) is 9.59 Å². The van der Waals surface area contributed by atoms with Crippen LogP contribution in [0.1, 0.15) is 51.5 Å². The topological polar surface area (TPSA) is 121 Å². The number of aliphatic hydroxyl groups is 1. The van der Waals surface area contributed by atoms with Crippen molar-refractivity contribution in [3.8, 4) is 0 Å². The normalized spacial score (nSPS) is 18.6. The lowest BCUT2D eigenvalue weighted by molar-refractivity contribution is -0.134. The second-order valence-corrected chi connectivity index (χ2v) is 7.62. The van der Waals surface area contributed by atoms with E-state index in [1.54, 1.807) is 0 Å². The number of nitrogens with two attached hydrogens (primary N) is 1. The number of carboxylic acids is 2. The van der Waals surface area contributed by atoms with Crippen molar-refractivity contribution in [2.75, 3.05) is 0 Å². The Bertz CT molecular complexity index is 649. The number of hydrogen-bond acceptors (Lipinski definition) is 4. The van der Waals surface area contributed by atoms with E-state index in [1.165, 1.54) is 12.0 Å². The molecule has 27 heavy (non-hydrogen) atoms. The molecule has 0 bridgehead atoms. The molecule has 1 aliphatic carbocycles. The maximum absolute atomic E-state index is 10.3. The van der Waals surface area contributed by atoms with Crippen LogP contribution in [0.15, 0.2) is 36.4 Å². The van der Waals surface area contributed by atoms with Gasteiger partial charge < -0.3 is 21.1 Å². The summed E-state index contributed by atoms with van der Waals surface area (Å²) in [6.45, 7) is 3.88. The third kappa shape index (κ3) is 6.97. The minimum atomic E-state index is -1.26. The van der Waals surface area contributed by atoms with Crippen molar-refractivity contribution in [2.24, 2.45) is 5.73 Å². The van der Waals surface area contributed by atoms with Gasteiger partial charge in [0.2, 0.25) is 0 Å². The second-order valence-electron chi connectivity index (χ2n) is 7.19. The van der Waals surface area contributed by atoms with Crippen molar-refractivity contribution in [1.29, 1.82) is 0 Å². The largest absolute Gasteiger partial charge is 0.478 e. The molecule has 5 N–H and O–H groups in total. The highest BCUT2D eigenvalue weighted by Gasteiger charge is 2.45. The zero-order valence-electron chi connectivity index (χ0n) is 15.7. The fraction of sp³-hybridized carbons (Fsp3) is 0.500. The summed E-state index contributed by atoms with van der Waals surface area (Å²) in [5, 5.41) is 26.6. The van der Waals surface area contributed by atoms with Gasteiger partial charge >= 0.3 is 11.9 Å². The first-order valence-electron chi connectivity index (χ1n) is 8.90. The molecular formula is C20H28ClNO5. The Kier molecular flexibility index (Phi) is 8.47.